The minimum atomic E-state index is -0.799. The zero-order chi connectivity index (χ0) is 15.2. The first-order valence-electron chi connectivity index (χ1n) is 6.99. The molecule has 0 bridgehead atoms. The van der Waals surface area contributed by atoms with E-state index in [4.69, 9.17) is 9.47 Å². The number of carbonyl (C=O) groups excluding carboxylic acids is 1. The molecule has 1 heterocycles. The largest absolute Gasteiger partial charge is 0.457 e. The van der Waals surface area contributed by atoms with Crippen LogP contribution in [0.2, 0.25) is 0 Å². The molecule has 5 heteroatoms. The number of nitrogens with one attached hydrogen (secondary N) is 1. The van der Waals surface area contributed by atoms with E-state index >= 15 is 0 Å². The van der Waals surface area contributed by atoms with Gasteiger partial charge in [-0.1, -0.05) is 24.3 Å². The third kappa shape index (κ3) is 4.06. The number of esters is 1. The molecule has 114 valence electrons. The molecule has 5 nitrogen and oxygen atoms in total. The van der Waals surface area contributed by atoms with Crippen LogP contribution in [0.15, 0.2) is 36.4 Å². The Balaban J connectivity index is 2.04. The Hall–Kier alpha value is -1.85. The monoisotopic (exact) mass is 291 g/mol. The number of methoxy groups -OCH3 is 1. The number of carbonyl (C=O) groups is 1. The molecule has 0 spiro atoms. The number of ether oxygens (including phenoxy) is 2. The van der Waals surface area contributed by atoms with Gasteiger partial charge in [0.15, 0.2) is 6.10 Å². The molecule has 1 aliphatic heterocycles. The molecule has 1 aliphatic rings. The second-order valence-electron chi connectivity index (χ2n) is 5.06. The summed E-state index contributed by atoms with van der Waals surface area (Å²) in [5, 5.41) is 13.3. The van der Waals surface area contributed by atoms with Gasteiger partial charge in [-0.05, 0) is 24.6 Å². The Labute approximate surface area is 124 Å². The predicted octanol–water partition coefficient (Wildman–Crippen LogP) is 1.87. The fourth-order valence-corrected chi connectivity index (χ4v) is 2.40. The number of aliphatic hydroxyl groups is 1. The van der Waals surface area contributed by atoms with Crippen LogP contribution in [0.3, 0.4) is 0 Å². The lowest BCUT2D eigenvalue weighted by molar-refractivity contribution is -0.144. The number of aliphatic hydroxyl groups excluding tert-OH is 1. The summed E-state index contributed by atoms with van der Waals surface area (Å²) in [7, 11) is 1.65. The number of allylic oxidation sites excluding steroid dienone is 1. The zero-order valence-electron chi connectivity index (χ0n) is 12.3. The van der Waals surface area contributed by atoms with E-state index in [1.165, 1.54) is 0 Å². The maximum atomic E-state index is 11.5. The third-order valence-corrected chi connectivity index (χ3v) is 3.39. The molecule has 1 fully saturated rings. The van der Waals surface area contributed by atoms with Crippen molar-refractivity contribution in [2.75, 3.05) is 12.4 Å². The van der Waals surface area contributed by atoms with Crippen LogP contribution < -0.4 is 5.32 Å². The van der Waals surface area contributed by atoms with Gasteiger partial charge in [-0.25, -0.2) is 0 Å². The average molecular weight is 291 g/mol. The van der Waals surface area contributed by atoms with Crippen molar-refractivity contribution in [3.05, 3.63) is 42.0 Å². The molecule has 0 aliphatic carbocycles. The Morgan fingerprint density at radius 1 is 1.48 bits per heavy atom. The lowest BCUT2D eigenvalue weighted by atomic mass is 10.0. The molecule has 0 amide bonds. The van der Waals surface area contributed by atoms with E-state index in [0.29, 0.717) is 6.61 Å². The van der Waals surface area contributed by atoms with Gasteiger partial charge in [0.25, 0.3) is 0 Å². The first-order valence-corrected chi connectivity index (χ1v) is 6.99. The summed E-state index contributed by atoms with van der Waals surface area (Å²) in [6.07, 6.45) is 2.26. The number of hydrogen-bond donors (Lipinski definition) is 2. The van der Waals surface area contributed by atoms with Crippen LogP contribution in [0, 0.1) is 0 Å². The van der Waals surface area contributed by atoms with Crippen LogP contribution >= 0.6 is 0 Å². The van der Waals surface area contributed by atoms with Crippen molar-refractivity contribution in [1.29, 1.82) is 0 Å². The highest BCUT2D eigenvalue weighted by atomic mass is 16.6. The standard InChI is InChI=1S/C16H21NO4/c1-3-4-14(18)16-13(9-15(19)21-16)17-12-7-5-11(6-8-12)10-20-2/h3-8,13-14,16-18H,9-10H2,1-2H3/b4-3+/t13-,14-,16-/m0/s1. The van der Waals surface area contributed by atoms with Crippen molar-refractivity contribution in [2.24, 2.45) is 0 Å². The van der Waals surface area contributed by atoms with Crippen molar-refractivity contribution in [2.45, 2.75) is 38.2 Å². The highest BCUT2D eigenvalue weighted by Gasteiger charge is 2.38. The minimum absolute atomic E-state index is 0.239. The Kier molecular flexibility index (Phi) is 5.36. The van der Waals surface area contributed by atoms with Gasteiger partial charge in [0.2, 0.25) is 0 Å². The quantitative estimate of drug-likeness (QED) is 0.618. The summed E-state index contributed by atoms with van der Waals surface area (Å²) >= 11 is 0. The molecule has 0 saturated carbocycles. The summed E-state index contributed by atoms with van der Waals surface area (Å²) < 4.78 is 10.3. The van der Waals surface area contributed by atoms with E-state index in [-0.39, 0.29) is 18.4 Å². The molecule has 1 saturated heterocycles. The predicted molar refractivity (Wildman–Crippen MR) is 79.9 cm³/mol. The number of cyclic esters (lactones) is 1. The van der Waals surface area contributed by atoms with Gasteiger partial charge < -0.3 is 19.9 Å². The first-order chi connectivity index (χ1) is 10.1. The van der Waals surface area contributed by atoms with E-state index in [0.717, 1.165) is 11.3 Å². The van der Waals surface area contributed by atoms with Crippen molar-refractivity contribution in [1.82, 2.24) is 0 Å². The van der Waals surface area contributed by atoms with Crippen molar-refractivity contribution in [3.8, 4) is 0 Å². The Bertz CT molecular complexity index is 498. The van der Waals surface area contributed by atoms with Gasteiger partial charge in [0, 0.05) is 12.8 Å². The van der Waals surface area contributed by atoms with Crippen LogP contribution in [0.4, 0.5) is 5.69 Å². The highest BCUT2D eigenvalue weighted by molar-refractivity contribution is 5.74. The highest BCUT2D eigenvalue weighted by Crippen LogP contribution is 2.23. The molecule has 0 aromatic heterocycles. The van der Waals surface area contributed by atoms with E-state index < -0.39 is 12.2 Å². The van der Waals surface area contributed by atoms with Gasteiger partial charge in [-0.3, -0.25) is 4.79 Å². The van der Waals surface area contributed by atoms with Crippen molar-refractivity contribution < 1.29 is 19.4 Å². The SMILES string of the molecule is C/C=C/[C@H](O)[C@H]1OC(=O)C[C@@H]1Nc1ccc(COC)cc1. The molecule has 21 heavy (non-hydrogen) atoms. The second-order valence-corrected chi connectivity index (χ2v) is 5.06. The number of rotatable bonds is 6. The van der Waals surface area contributed by atoms with E-state index in [1.807, 2.05) is 31.2 Å². The smallest absolute Gasteiger partial charge is 0.308 e. The fraction of sp³-hybridized carbons (Fsp3) is 0.438. The maximum Gasteiger partial charge on any atom is 0.308 e. The topological polar surface area (TPSA) is 67.8 Å². The normalized spacial score (nSPS) is 23.3. The Morgan fingerprint density at radius 2 is 2.19 bits per heavy atom. The number of anilines is 1. The lowest BCUT2D eigenvalue weighted by Crippen LogP contribution is -2.38. The molecule has 1 aromatic rings. The zero-order valence-corrected chi connectivity index (χ0v) is 12.3. The fourth-order valence-electron chi connectivity index (χ4n) is 2.40. The summed E-state index contributed by atoms with van der Waals surface area (Å²) in [4.78, 5) is 11.5. The van der Waals surface area contributed by atoms with Crippen molar-refractivity contribution >= 4 is 11.7 Å². The van der Waals surface area contributed by atoms with Gasteiger partial charge in [0.05, 0.1) is 19.1 Å². The van der Waals surface area contributed by atoms with Crippen LogP contribution in [0.1, 0.15) is 18.9 Å². The van der Waals surface area contributed by atoms with Crippen LogP contribution in [0.5, 0.6) is 0 Å². The average Bonchev–Trinajstić information content (AvgIpc) is 2.82. The van der Waals surface area contributed by atoms with Crippen molar-refractivity contribution in [3.63, 3.8) is 0 Å². The van der Waals surface area contributed by atoms with Gasteiger partial charge in [-0.2, -0.15) is 0 Å². The number of benzene rings is 1. The van der Waals surface area contributed by atoms with Crippen LogP contribution in [-0.2, 0) is 20.9 Å². The van der Waals surface area contributed by atoms with E-state index in [9.17, 15) is 9.90 Å². The molecule has 2 N–H and O–H groups in total. The molecule has 3 atom stereocenters. The first kappa shape index (κ1) is 15.5. The maximum absolute atomic E-state index is 11.5. The van der Waals surface area contributed by atoms with E-state index in [2.05, 4.69) is 5.32 Å². The summed E-state index contributed by atoms with van der Waals surface area (Å²) in [5.74, 6) is -0.294. The third-order valence-electron chi connectivity index (χ3n) is 3.39. The van der Waals surface area contributed by atoms with E-state index in [1.54, 1.807) is 19.3 Å². The summed E-state index contributed by atoms with van der Waals surface area (Å²) in [5.41, 5.74) is 1.96. The molecule has 1 aromatic carbocycles. The summed E-state index contributed by atoms with van der Waals surface area (Å²) in [6.45, 7) is 2.38. The summed E-state index contributed by atoms with van der Waals surface area (Å²) in [6, 6.07) is 7.53. The Morgan fingerprint density at radius 3 is 2.81 bits per heavy atom. The molecular formula is C16H21NO4. The molecular weight excluding hydrogens is 270 g/mol. The van der Waals surface area contributed by atoms with Gasteiger partial charge in [0.1, 0.15) is 6.10 Å². The van der Waals surface area contributed by atoms with Gasteiger partial charge >= 0.3 is 5.97 Å². The second kappa shape index (κ2) is 7.24. The van der Waals surface area contributed by atoms with Gasteiger partial charge in [-0.15, -0.1) is 0 Å². The molecule has 0 unspecified atom stereocenters. The molecule has 2 rings (SSSR count). The number of hydrogen-bond acceptors (Lipinski definition) is 5. The lowest BCUT2D eigenvalue weighted by Gasteiger charge is -2.22. The minimum Gasteiger partial charge on any atom is -0.457 e. The van der Waals surface area contributed by atoms with Crippen LogP contribution in [0.25, 0.3) is 0 Å². The van der Waals surface area contributed by atoms with Crippen LogP contribution in [-0.4, -0.2) is 36.4 Å². The molecule has 0 radical (unpaired) electrons.